The average molecular weight is 189 g/mol. The predicted molar refractivity (Wildman–Crippen MR) is 45.9 cm³/mol. The molecule has 0 bridgehead atoms. The maximum absolute atomic E-state index is 10.7. The van der Waals surface area contributed by atoms with Crippen molar-refractivity contribution in [1.29, 1.82) is 0 Å². The molecule has 0 aromatic carbocycles. The largest absolute Gasteiger partial charge is 0.463 e. The lowest BCUT2D eigenvalue weighted by Crippen LogP contribution is -2.51. The van der Waals surface area contributed by atoms with E-state index in [1.165, 1.54) is 13.8 Å². The van der Waals surface area contributed by atoms with Crippen molar-refractivity contribution in [2.75, 3.05) is 13.2 Å². The number of rotatable bonds is 4. The highest BCUT2D eigenvalue weighted by atomic mass is 16.5. The van der Waals surface area contributed by atoms with Crippen LogP contribution in [0.4, 0.5) is 0 Å². The molecule has 0 saturated carbocycles. The Morgan fingerprint density at radius 3 is 2.31 bits per heavy atom. The number of carbonyl (C=O) groups excluding carboxylic acids is 2. The van der Waals surface area contributed by atoms with E-state index in [0.717, 1.165) is 0 Å². The summed E-state index contributed by atoms with van der Waals surface area (Å²) in [6, 6.07) is 0. The van der Waals surface area contributed by atoms with Crippen molar-refractivity contribution in [2.45, 2.75) is 26.3 Å². The summed E-state index contributed by atoms with van der Waals surface area (Å²) in [4.78, 5) is 21.2. The zero-order chi connectivity index (χ0) is 10.5. The van der Waals surface area contributed by atoms with Crippen molar-refractivity contribution in [1.82, 2.24) is 5.32 Å². The van der Waals surface area contributed by atoms with Crippen LogP contribution in [0.3, 0.4) is 0 Å². The van der Waals surface area contributed by atoms with E-state index in [2.05, 4.69) is 10.1 Å². The van der Waals surface area contributed by atoms with Gasteiger partial charge in [-0.05, 0) is 6.92 Å². The Morgan fingerprint density at radius 1 is 1.46 bits per heavy atom. The SMILES string of the molecule is CC(=O)NC(C)(CO)COC(C)=O. The summed E-state index contributed by atoms with van der Waals surface area (Å²) >= 11 is 0. The third-order valence-corrected chi connectivity index (χ3v) is 1.42. The van der Waals surface area contributed by atoms with Crippen molar-refractivity contribution >= 4 is 11.9 Å². The lowest BCUT2D eigenvalue weighted by Gasteiger charge is -2.27. The van der Waals surface area contributed by atoms with Gasteiger partial charge in [-0.1, -0.05) is 0 Å². The highest BCUT2D eigenvalue weighted by molar-refractivity contribution is 5.74. The first-order chi connectivity index (χ1) is 5.89. The fraction of sp³-hybridized carbons (Fsp3) is 0.750. The van der Waals surface area contributed by atoms with Crippen LogP contribution < -0.4 is 5.32 Å². The minimum Gasteiger partial charge on any atom is -0.463 e. The van der Waals surface area contributed by atoms with Gasteiger partial charge in [-0.3, -0.25) is 9.59 Å². The van der Waals surface area contributed by atoms with Gasteiger partial charge in [0.15, 0.2) is 0 Å². The van der Waals surface area contributed by atoms with E-state index in [4.69, 9.17) is 5.11 Å². The smallest absolute Gasteiger partial charge is 0.302 e. The number of hydrogen-bond acceptors (Lipinski definition) is 4. The van der Waals surface area contributed by atoms with Crippen LogP contribution in [0.25, 0.3) is 0 Å². The zero-order valence-corrected chi connectivity index (χ0v) is 8.09. The van der Waals surface area contributed by atoms with Crippen LogP contribution >= 0.6 is 0 Å². The minimum atomic E-state index is -0.891. The molecule has 0 saturated heterocycles. The summed E-state index contributed by atoms with van der Waals surface area (Å²) in [6.07, 6.45) is 0. The summed E-state index contributed by atoms with van der Waals surface area (Å²) < 4.78 is 4.69. The second kappa shape index (κ2) is 4.81. The lowest BCUT2D eigenvalue weighted by atomic mass is 10.1. The Labute approximate surface area is 77.1 Å². The maximum Gasteiger partial charge on any atom is 0.302 e. The summed E-state index contributed by atoms with van der Waals surface area (Å²) in [5.74, 6) is -0.714. The van der Waals surface area contributed by atoms with E-state index in [-0.39, 0.29) is 19.1 Å². The molecule has 13 heavy (non-hydrogen) atoms. The Kier molecular flexibility index (Phi) is 4.40. The van der Waals surface area contributed by atoms with Gasteiger partial charge in [0.25, 0.3) is 0 Å². The number of hydrogen-bond donors (Lipinski definition) is 2. The second-order valence-electron chi connectivity index (χ2n) is 3.18. The van der Waals surface area contributed by atoms with E-state index < -0.39 is 11.5 Å². The molecule has 5 nitrogen and oxygen atoms in total. The summed E-state index contributed by atoms with van der Waals surface area (Å²) in [7, 11) is 0. The van der Waals surface area contributed by atoms with Crippen LogP contribution in [-0.4, -0.2) is 35.7 Å². The van der Waals surface area contributed by atoms with Gasteiger partial charge in [0.1, 0.15) is 6.61 Å². The van der Waals surface area contributed by atoms with E-state index >= 15 is 0 Å². The summed E-state index contributed by atoms with van der Waals surface area (Å²) in [5.41, 5.74) is -0.891. The quantitative estimate of drug-likeness (QED) is 0.581. The molecular weight excluding hydrogens is 174 g/mol. The number of nitrogens with one attached hydrogen (secondary N) is 1. The molecule has 0 rings (SSSR count). The molecule has 1 atom stereocenters. The predicted octanol–water partition coefficient (Wildman–Crippen LogP) is -0.563. The molecule has 0 fully saturated rings. The minimum absolute atomic E-state index is 0.0294. The fourth-order valence-electron chi connectivity index (χ4n) is 0.807. The van der Waals surface area contributed by atoms with Crippen LogP contribution in [0.5, 0.6) is 0 Å². The first-order valence-electron chi connectivity index (χ1n) is 3.92. The van der Waals surface area contributed by atoms with Gasteiger partial charge >= 0.3 is 5.97 Å². The van der Waals surface area contributed by atoms with Gasteiger partial charge in [0, 0.05) is 13.8 Å². The Balaban J connectivity index is 4.10. The number of aliphatic hydroxyl groups is 1. The molecule has 0 radical (unpaired) electrons. The standard InChI is InChI=1S/C8H15NO4/c1-6(11)9-8(3,4-10)5-13-7(2)12/h10H,4-5H2,1-3H3,(H,9,11). The number of ether oxygens (including phenoxy) is 1. The maximum atomic E-state index is 10.7. The van der Waals surface area contributed by atoms with Gasteiger partial charge in [-0.2, -0.15) is 0 Å². The topological polar surface area (TPSA) is 75.6 Å². The van der Waals surface area contributed by atoms with E-state index in [1.54, 1.807) is 6.92 Å². The van der Waals surface area contributed by atoms with Crippen molar-refractivity contribution in [2.24, 2.45) is 0 Å². The van der Waals surface area contributed by atoms with E-state index in [0.29, 0.717) is 0 Å². The molecule has 76 valence electrons. The van der Waals surface area contributed by atoms with Crippen molar-refractivity contribution in [3.8, 4) is 0 Å². The molecule has 1 amide bonds. The van der Waals surface area contributed by atoms with Crippen LogP contribution in [-0.2, 0) is 14.3 Å². The van der Waals surface area contributed by atoms with Crippen molar-refractivity contribution in [3.05, 3.63) is 0 Å². The highest BCUT2D eigenvalue weighted by Crippen LogP contribution is 2.03. The number of esters is 1. The molecule has 0 aromatic rings. The number of amides is 1. The molecule has 0 heterocycles. The normalized spacial score (nSPS) is 14.5. The molecule has 5 heteroatoms. The van der Waals surface area contributed by atoms with Crippen molar-refractivity contribution in [3.63, 3.8) is 0 Å². The van der Waals surface area contributed by atoms with E-state index in [1.807, 2.05) is 0 Å². The summed E-state index contributed by atoms with van der Waals surface area (Å²) in [6.45, 7) is 3.89. The van der Waals surface area contributed by atoms with Gasteiger partial charge < -0.3 is 15.2 Å². The third-order valence-electron chi connectivity index (χ3n) is 1.42. The summed E-state index contributed by atoms with van der Waals surface area (Å²) in [5, 5.41) is 11.4. The first kappa shape index (κ1) is 11.9. The monoisotopic (exact) mass is 189 g/mol. The molecular formula is C8H15NO4. The Morgan fingerprint density at radius 2 is 2.00 bits per heavy atom. The number of carbonyl (C=O) groups is 2. The molecule has 0 aliphatic carbocycles. The molecule has 0 aliphatic rings. The Bertz CT molecular complexity index is 204. The lowest BCUT2D eigenvalue weighted by molar-refractivity contribution is -0.144. The first-order valence-corrected chi connectivity index (χ1v) is 3.92. The second-order valence-corrected chi connectivity index (χ2v) is 3.18. The third kappa shape index (κ3) is 5.19. The van der Waals surface area contributed by atoms with Gasteiger partial charge in [-0.25, -0.2) is 0 Å². The molecule has 0 aliphatic heterocycles. The van der Waals surface area contributed by atoms with E-state index in [9.17, 15) is 9.59 Å². The number of aliphatic hydroxyl groups excluding tert-OH is 1. The molecule has 1 unspecified atom stereocenters. The van der Waals surface area contributed by atoms with Gasteiger partial charge in [0.05, 0.1) is 12.1 Å². The Hall–Kier alpha value is -1.10. The van der Waals surface area contributed by atoms with Crippen LogP contribution in [0.2, 0.25) is 0 Å². The fourth-order valence-corrected chi connectivity index (χ4v) is 0.807. The van der Waals surface area contributed by atoms with Crippen molar-refractivity contribution < 1.29 is 19.4 Å². The highest BCUT2D eigenvalue weighted by Gasteiger charge is 2.25. The van der Waals surface area contributed by atoms with Gasteiger partial charge in [0.2, 0.25) is 5.91 Å². The van der Waals surface area contributed by atoms with Crippen LogP contribution in [0.1, 0.15) is 20.8 Å². The van der Waals surface area contributed by atoms with Crippen LogP contribution in [0.15, 0.2) is 0 Å². The van der Waals surface area contributed by atoms with Gasteiger partial charge in [-0.15, -0.1) is 0 Å². The molecule has 0 spiro atoms. The van der Waals surface area contributed by atoms with Crippen LogP contribution in [0, 0.1) is 0 Å². The molecule has 2 N–H and O–H groups in total. The zero-order valence-electron chi connectivity index (χ0n) is 8.09. The molecule has 0 aromatic heterocycles. The average Bonchev–Trinajstić information content (AvgIpc) is 2.00.